The van der Waals surface area contributed by atoms with Crippen molar-refractivity contribution in [3.8, 4) is 0 Å². The number of hydrogen-bond donors (Lipinski definition) is 2. The Labute approximate surface area is 98.2 Å². The van der Waals surface area contributed by atoms with E-state index in [4.69, 9.17) is 5.73 Å². The monoisotopic (exact) mass is 224 g/mol. The maximum atomic E-state index is 12.1. The lowest BCUT2D eigenvalue weighted by molar-refractivity contribution is -0.127. The van der Waals surface area contributed by atoms with E-state index in [1.807, 2.05) is 0 Å². The van der Waals surface area contributed by atoms with E-state index >= 15 is 0 Å². The first-order valence-corrected chi connectivity index (χ1v) is 6.72. The maximum Gasteiger partial charge on any atom is 0.223 e. The van der Waals surface area contributed by atoms with Crippen LogP contribution in [0.1, 0.15) is 51.9 Å². The standard InChI is InChI=1S/C13H24N2O/c1-9-4-2-7-12(9)15-13(16)10-5-3-6-11(14)8-10/h9-12H,2-8,14H2,1H3,(H,15,16). The molecule has 3 nitrogen and oxygen atoms in total. The summed E-state index contributed by atoms with van der Waals surface area (Å²) in [7, 11) is 0. The van der Waals surface area contributed by atoms with Gasteiger partial charge in [0.1, 0.15) is 0 Å². The lowest BCUT2D eigenvalue weighted by atomic mass is 9.85. The van der Waals surface area contributed by atoms with Gasteiger partial charge in [0.15, 0.2) is 0 Å². The summed E-state index contributed by atoms with van der Waals surface area (Å²) < 4.78 is 0. The lowest BCUT2D eigenvalue weighted by Crippen LogP contribution is -2.43. The molecule has 3 N–H and O–H groups in total. The second kappa shape index (κ2) is 5.17. The molecule has 2 saturated carbocycles. The van der Waals surface area contributed by atoms with E-state index < -0.39 is 0 Å². The van der Waals surface area contributed by atoms with Crippen molar-refractivity contribution in [1.29, 1.82) is 0 Å². The van der Waals surface area contributed by atoms with Crippen LogP contribution in [0.4, 0.5) is 0 Å². The summed E-state index contributed by atoms with van der Waals surface area (Å²) in [5.74, 6) is 1.09. The van der Waals surface area contributed by atoms with Crippen molar-refractivity contribution in [3.63, 3.8) is 0 Å². The van der Waals surface area contributed by atoms with Gasteiger partial charge in [-0.2, -0.15) is 0 Å². The number of carbonyl (C=O) groups excluding carboxylic acids is 1. The van der Waals surface area contributed by atoms with Crippen LogP contribution in [0.25, 0.3) is 0 Å². The van der Waals surface area contributed by atoms with Crippen molar-refractivity contribution in [2.45, 2.75) is 64.0 Å². The van der Waals surface area contributed by atoms with Crippen LogP contribution in [0.15, 0.2) is 0 Å². The van der Waals surface area contributed by atoms with Crippen LogP contribution >= 0.6 is 0 Å². The molecular formula is C13H24N2O. The van der Waals surface area contributed by atoms with Crippen LogP contribution < -0.4 is 11.1 Å². The van der Waals surface area contributed by atoms with Crippen molar-refractivity contribution in [2.75, 3.05) is 0 Å². The topological polar surface area (TPSA) is 55.1 Å². The van der Waals surface area contributed by atoms with E-state index in [9.17, 15) is 4.79 Å². The molecule has 2 rings (SSSR count). The van der Waals surface area contributed by atoms with Crippen LogP contribution in [-0.2, 0) is 4.79 Å². The van der Waals surface area contributed by atoms with Crippen molar-refractivity contribution in [2.24, 2.45) is 17.6 Å². The van der Waals surface area contributed by atoms with Crippen molar-refractivity contribution >= 4 is 5.91 Å². The summed E-state index contributed by atoms with van der Waals surface area (Å²) in [5, 5.41) is 3.22. The van der Waals surface area contributed by atoms with Crippen molar-refractivity contribution in [3.05, 3.63) is 0 Å². The number of nitrogens with one attached hydrogen (secondary N) is 1. The third-order valence-electron chi connectivity index (χ3n) is 4.27. The first-order chi connectivity index (χ1) is 7.66. The Morgan fingerprint density at radius 2 is 1.94 bits per heavy atom. The first kappa shape index (κ1) is 11.9. The Hall–Kier alpha value is -0.570. The molecule has 4 atom stereocenters. The van der Waals surface area contributed by atoms with Gasteiger partial charge in [-0.1, -0.05) is 19.8 Å². The molecule has 0 spiro atoms. The summed E-state index contributed by atoms with van der Waals surface area (Å²) in [6.45, 7) is 2.24. The van der Waals surface area contributed by atoms with Gasteiger partial charge in [0.05, 0.1) is 0 Å². The number of carbonyl (C=O) groups is 1. The van der Waals surface area contributed by atoms with Crippen molar-refractivity contribution in [1.82, 2.24) is 5.32 Å². The maximum absolute atomic E-state index is 12.1. The number of nitrogens with two attached hydrogens (primary N) is 1. The normalized spacial score (nSPS) is 39.6. The smallest absolute Gasteiger partial charge is 0.223 e. The predicted octanol–water partition coefficient (Wildman–Crippen LogP) is 1.81. The van der Waals surface area contributed by atoms with Gasteiger partial charge in [0.25, 0.3) is 0 Å². The minimum Gasteiger partial charge on any atom is -0.353 e. The van der Waals surface area contributed by atoms with E-state index in [1.54, 1.807) is 0 Å². The van der Waals surface area contributed by atoms with E-state index in [0.29, 0.717) is 12.0 Å². The quantitative estimate of drug-likeness (QED) is 0.751. The van der Waals surface area contributed by atoms with Gasteiger partial charge in [0, 0.05) is 18.0 Å². The molecule has 16 heavy (non-hydrogen) atoms. The van der Waals surface area contributed by atoms with Gasteiger partial charge in [0.2, 0.25) is 5.91 Å². The molecule has 0 saturated heterocycles. The third-order valence-corrected chi connectivity index (χ3v) is 4.27. The van der Waals surface area contributed by atoms with Gasteiger partial charge in [-0.15, -0.1) is 0 Å². The van der Waals surface area contributed by atoms with Gasteiger partial charge in [-0.3, -0.25) is 4.79 Å². The molecule has 0 aliphatic heterocycles. The Morgan fingerprint density at radius 3 is 2.56 bits per heavy atom. The molecule has 0 bridgehead atoms. The summed E-state index contributed by atoms with van der Waals surface area (Å²) in [5.41, 5.74) is 5.92. The SMILES string of the molecule is CC1CCCC1NC(=O)C1CCCC(N)C1. The van der Waals surface area contributed by atoms with E-state index in [-0.39, 0.29) is 17.9 Å². The Morgan fingerprint density at radius 1 is 1.19 bits per heavy atom. The van der Waals surface area contributed by atoms with Gasteiger partial charge in [-0.25, -0.2) is 0 Å². The Bertz CT molecular complexity index is 254. The average molecular weight is 224 g/mol. The molecule has 1 amide bonds. The molecule has 2 fully saturated rings. The second-order valence-corrected chi connectivity index (χ2v) is 5.65. The van der Waals surface area contributed by atoms with Crippen LogP contribution in [-0.4, -0.2) is 18.0 Å². The minimum atomic E-state index is 0.177. The Balaban J connectivity index is 1.82. The van der Waals surface area contributed by atoms with Crippen LogP contribution in [0.5, 0.6) is 0 Å². The molecule has 4 unspecified atom stereocenters. The zero-order valence-corrected chi connectivity index (χ0v) is 10.2. The molecule has 0 radical (unpaired) electrons. The second-order valence-electron chi connectivity index (χ2n) is 5.65. The molecule has 0 aromatic rings. The highest BCUT2D eigenvalue weighted by atomic mass is 16.1. The minimum absolute atomic E-state index is 0.177. The number of rotatable bonds is 2. The van der Waals surface area contributed by atoms with E-state index in [2.05, 4.69) is 12.2 Å². The summed E-state index contributed by atoms with van der Waals surface area (Å²) in [4.78, 5) is 12.1. The highest BCUT2D eigenvalue weighted by molar-refractivity contribution is 5.79. The fraction of sp³-hybridized carbons (Fsp3) is 0.923. The highest BCUT2D eigenvalue weighted by Crippen LogP contribution is 2.27. The van der Waals surface area contributed by atoms with E-state index in [1.165, 1.54) is 12.8 Å². The third kappa shape index (κ3) is 2.76. The lowest BCUT2D eigenvalue weighted by Gasteiger charge is -2.27. The molecule has 0 aromatic heterocycles. The van der Waals surface area contributed by atoms with Crippen molar-refractivity contribution < 1.29 is 4.79 Å². The fourth-order valence-electron chi connectivity index (χ4n) is 3.13. The summed E-state index contributed by atoms with van der Waals surface area (Å²) >= 11 is 0. The first-order valence-electron chi connectivity index (χ1n) is 6.72. The molecule has 3 heteroatoms. The molecule has 92 valence electrons. The van der Waals surface area contributed by atoms with Gasteiger partial charge >= 0.3 is 0 Å². The summed E-state index contributed by atoms with van der Waals surface area (Å²) in [6, 6.07) is 0.663. The predicted molar refractivity (Wildman–Crippen MR) is 64.9 cm³/mol. The number of hydrogen-bond acceptors (Lipinski definition) is 2. The zero-order valence-electron chi connectivity index (χ0n) is 10.2. The molecule has 2 aliphatic rings. The van der Waals surface area contributed by atoms with E-state index in [0.717, 1.165) is 32.1 Å². The number of amides is 1. The molecule has 0 aromatic carbocycles. The van der Waals surface area contributed by atoms with Crippen LogP contribution in [0.3, 0.4) is 0 Å². The largest absolute Gasteiger partial charge is 0.353 e. The fourth-order valence-corrected chi connectivity index (χ4v) is 3.13. The zero-order chi connectivity index (χ0) is 11.5. The van der Waals surface area contributed by atoms with Crippen LogP contribution in [0.2, 0.25) is 0 Å². The Kier molecular flexibility index (Phi) is 3.85. The summed E-state index contributed by atoms with van der Waals surface area (Å²) in [6.07, 6.45) is 7.79. The molecule has 0 heterocycles. The highest BCUT2D eigenvalue weighted by Gasteiger charge is 2.30. The van der Waals surface area contributed by atoms with Crippen LogP contribution in [0, 0.1) is 11.8 Å². The average Bonchev–Trinajstić information content (AvgIpc) is 2.64. The van der Waals surface area contributed by atoms with Gasteiger partial charge in [-0.05, 0) is 38.0 Å². The molecule has 2 aliphatic carbocycles. The molecular weight excluding hydrogens is 200 g/mol. The van der Waals surface area contributed by atoms with Gasteiger partial charge < -0.3 is 11.1 Å².